The van der Waals surface area contributed by atoms with Crippen LogP contribution in [0.15, 0.2) is 91.3 Å². The molecule has 35 heavy (non-hydrogen) atoms. The Balaban J connectivity index is 1.22. The molecule has 2 N–H and O–H groups in total. The second-order valence-electron chi connectivity index (χ2n) is 8.91. The second-order valence-corrected chi connectivity index (χ2v) is 8.91. The normalized spacial score (nSPS) is 15.9. The third-order valence-electron chi connectivity index (χ3n) is 6.36. The molecule has 1 unspecified atom stereocenters. The summed E-state index contributed by atoms with van der Waals surface area (Å²) in [5, 5.41) is 13.4. The summed E-state index contributed by atoms with van der Waals surface area (Å²) in [6.45, 7) is 4.77. The van der Waals surface area contributed by atoms with E-state index < -0.39 is 6.10 Å². The minimum Gasteiger partial charge on any atom is -0.392 e. The number of aliphatic hydroxyl groups excluding tert-OH is 1. The topological polar surface area (TPSA) is 68.7 Å². The fraction of sp³-hybridized carbons (Fsp3) is 0.310. The SMILES string of the molecule is O=C(C=Cc1cccnc1)NCCC(O)CN1CCN(C(c2ccccc2)c2ccccc2)CC1. The zero-order valence-corrected chi connectivity index (χ0v) is 20.0. The van der Waals surface area contributed by atoms with E-state index in [1.165, 1.54) is 17.2 Å². The molecule has 1 fully saturated rings. The number of aliphatic hydroxyl groups is 1. The number of hydrogen-bond acceptors (Lipinski definition) is 5. The fourth-order valence-electron chi connectivity index (χ4n) is 4.55. The number of carbonyl (C=O) groups excluding carboxylic acids is 1. The number of nitrogens with zero attached hydrogens (tertiary/aromatic N) is 3. The summed E-state index contributed by atoms with van der Waals surface area (Å²) < 4.78 is 0. The van der Waals surface area contributed by atoms with E-state index in [2.05, 4.69) is 80.8 Å². The van der Waals surface area contributed by atoms with E-state index >= 15 is 0 Å². The molecule has 0 radical (unpaired) electrons. The zero-order valence-electron chi connectivity index (χ0n) is 20.0. The number of aromatic nitrogens is 1. The highest BCUT2D eigenvalue weighted by Crippen LogP contribution is 2.29. The summed E-state index contributed by atoms with van der Waals surface area (Å²) in [5.74, 6) is -0.164. The standard InChI is InChI=1S/C29H34N4O2/c34-27(15-17-31-28(35)14-13-24-8-7-16-30-22-24)23-32-18-20-33(21-19-32)29(25-9-3-1-4-10-25)26-11-5-2-6-12-26/h1-14,16,22,27,29,34H,15,17-21,23H2,(H,31,35). The van der Waals surface area contributed by atoms with Gasteiger partial charge in [0.1, 0.15) is 0 Å². The molecule has 1 aliphatic rings. The van der Waals surface area contributed by atoms with Crippen LogP contribution in [0.2, 0.25) is 0 Å². The van der Waals surface area contributed by atoms with Gasteiger partial charge in [0, 0.05) is 57.7 Å². The van der Waals surface area contributed by atoms with Crippen LogP contribution in [0.4, 0.5) is 0 Å². The predicted molar refractivity (Wildman–Crippen MR) is 140 cm³/mol. The molecule has 2 aromatic carbocycles. The molecule has 0 spiro atoms. The molecule has 1 saturated heterocycles. The Bertz CT molecular complexity index is 1010. The number of nitrogens with one attached hydrogen (secondary N) is 1. The maximum atomic E-state index is 12.0. The maximum absolute atomic E-state index is 12.0. The molecule has 2 heterocycles. The van der Waals surface area contributed by atoms with Crippen LogP contribution in [-0.2, 0) is 4.79 Å². The lowest BCUT2D eigenvalue weighted by atomic mass is 9.96. The molecular formula is C29H34N4O2. The Morgan fingerprint density at radius 3 is 2.20 bits per heavy atom. The van der Waals surface area contributed by atoms with Gasteiger partial charge in [-0.3, -0.25) is 19.6 Å². The van der Waals surface area contributed by atoms with Crippen LogP contribution in [-0.4, -0.2) is 71.2 Å². The number of carbonyl (C=O) groups is 1. The highest BCUT2D eigenvalue weighted by Gasteiger charge is 2.26. The number of benzene rings is 2. The summed E-state index contributed by atoms with van der Waals surface area (Å²) in [7, 11) is 0. The second kappa shape index (κ2) is 13.0. The van der Waals surface area contributed by atoms with Crippen molar-refractivity contribution in [1.82, 2.24) is 20.1 Å². The van der Waals surface area contributed by atoms with Crippen molar-refractivity contribution in [1.29, 1.82) is 0 Å². The number of pyridine rings is 1. The number of rotatable bonds is 10. The summed E-state index contributed by atoms with van der Waals surface area (Å²) in [5.41, 5.74) is 3.49. The molecule has 0 bridgehead atoms. The number of β-amino-alcohol motifs (C(OH)–C–C–N with tert-alkyl or cyclic N) is 1. The minimum atomic E-state index is -0.469. The Morgan fingerprint density at radius 2 is 1.60 bits per heavy atom. The van der Waals surface area contributed by atoms with Crippen molar-refractivity contribution in [3.63, 3.8) is 0 Å². The first-order valence-corrected chi connectivity index (χ1v) is 12.3. The van der Waals surface area contributed by atoms with E-state index in [0.717, 1.165) is 31.7 Å². The van der Waals surface area contributed by atoms with Crippen LogP contribution >= 0.6 is 0 Å². The highest BCUT2D eigenvalue weighted by atomic mass is 16.3. The van der Waals surface area contributed by atoms with Gasteiger partial charge in [-0.15, -0.1) is 0 Å². The lowest BCUT2D eigenvalue weighted by molar-refractivity contribution is -0.116. The highest BCUT2D eigenvalue weighted by molar-refractivity contribution is 5.91. The molecule has 1 amide bonds. The van der Waals surface area contributed by atoms with Gasteiger partial charge in [-0.1, -0.05) is 66.7 Å². The summed E-state index contributed by atoms with van der Waals surface area (Å²) in [4.78, 5) is 20.9. The molecule has 0 aliphatic carbocycles. The molecule has 1 aromatic heterocycles. The summed E-state index contributed by atoms with van der Waals surface area (Å²) in [6.07, 6.45) is 6.69. The van der Waals surface area contributed by atoms with Crippen molar-refractivity contribution in [2.45, 2.75) is 18.6 Å². The number of amides is 1. The average molecular weight is 471 g/mol. The van der Waals surface area contributed by atoms with Gasteiger partial charge in [0.2, 0.25) is 5.91 Å². The van der Waals surface area contributed by atoms with Crippen molar-refractivity contribution in [3.05, 3.63) is 108 Å². The Kier molecular flexibility index (Phi) is 9.17. The molecule has 4 rings (SSSR count). The van der Waals surface area contributed by atoms with E-state index in [-0.39, 0.29) is 11.9 Å². The minimum absolute atomic E-state index is 0.164. The number of hydrogen-bond donors (Lipinski definition) is 2. The average Bonchev–Trinajstić information content (AvgIpc) is 2.90. The quantitative estimate of drug-likeness (QED) is 0.445. The Morgan fingerprint density at radius 1 is 0.943 bits per heavy atom. The maximum Gasteiger partial charge on any atom is 0.244 e. The summed E-state index contributed by atoms with van der Waals surface area (Å²) >= 11 is 0. The molecule has 1 aliphatic heterocycles. The van der Waals surface area contributed by atoms with Gasteiger partial charge in [0.25, 0.3) is 0 Å². The van der Waals surface area contributed by atoms with Crippen LogP contribution < -0.4 is 5.32 Å². The van der Waals surface area contributed by atoms with Crippen LogP contribution in [0.1, 0.15) is 29.2 Å². The van der Waals surface area contributed by atoms with Gasteiger partial charge in [0.15, 0.2) is 0 Å². The monoisotopic (exact) mass is 470 g/mol. The third kappa shape index (κ3) is 7.59. The van der Waals surface area contributed by atoms with E-state index in [4.69, 9.17) is 0 Å². The van der Waals surface area contributed by atoms with E-state index in [1.54, 1.807) is 18.5 Å². The molecule has 182 valence electrons. The van der Waals surface area contributed by atoms with Crippen molar-refractivity contribution in [2.75, 3.05) is 39.3 Å². The molecule has 1 atom stereocenters. The molecular weight excluding hydrogens is 436 g/mol. The first kappa shape index (κ1) is 24.8. The first-order chi connectivity index (χ1) is 17.2. The van der Waals surface area contributed by atoms with E-state index in [9.17, 15) is 9.90 Å². The molecule has 0 saturated carbocycles. The van der Waals surface area contributed by atoms with Crippen LogP contribution in [0.25, 0.3) is 6.08 Å². The lowest BCUT2D eigenvalue weighted by Crippen LogP contribution is -2.49. The van der Waals surface area contributed by atoms with Crippen LogP contribution in [0.5, 0.6) is 0 Å². The fourth-order valence-corrected chi connectivity index (χ4v) is 4.55. The lowest BCUT2D eigenvalue weighted by Gasteiger charge is -2.40. The summed E-state index contributed by atoms with van der Waals surface area (Å²) in [6, 6.07) is 25.3. The molecule has 6 heteroatoms. The van der Waals surface area contributed by atoms with Crippen molar-refractivity contribution in [3.8, 4) is 0 Å². The Hall–Kier alpha value is -3.32. The molecule has 3 aromatic rings. The van der Waals surface area contributed by atoms with Gasteiger partial charge in [-0.05, 0) is 35.3 Å². The predicted octanol–water partition coefficient (Wildman–Crippen LogP) is 3.37. The smallest absolute Gasteiger partial charge is 0.244 e. The van der Waals surface area contributed by atoms with Crippen molar-refractivity contribution >= 4 is 12.0 Å². The van der Waals surface area contributed by atoms with Crippen molar-refractivity contribution < 1.29 is 9.90 Å². The number of piperazine rings is 1. The largest absolute Gasteiger partial charge is 0.392 e. The van der Waals surface area contributed by atoms with Gasteiger partial charge in [-0.2, -0.15) is 0 Å². The van der Waals surface area contributed by atoms with Gasteiger partial charge in [-0.25, -0.2) is 0 Å². The first-order valence-electron chi connectivity index (χ1n) is 12.3. The van der Waals surface area contributed by atoms with Gasteiger partial charge >= 0.3 is 0 Å². The van der Waals surface area contributed by atoms with Crippen molar-refractivity contribution in [2.24, 2.45) is 0 Å². The van der Waals surface area contributed by atoms with E-state index in [0.29, 0.717) is 19.5 Å². The van der Waals surface area contributed by atoms with Gasteiger partial charge < -0.3 is 10.4 Å². The van der Waals surface area contributed by atoms with Crippen LogP contribution in [0.3, 0.4) is 0 Å². The zero-order chi connectivity index (χ0) is 24.3. The molecule has 6 nitrogen and oxygen atoms in total. The Labute approximate surface area is 207 Å². The van der Waals surface area contributed by atoms with Crippen LogP contribution in [0, 0.1) is 0 Å². The van der Waals surface area contributed by atoms with Gasteiger partial charge in [0.05, 0.1) is 12.1 Å². The van der Waals surface area contributed by atoms with E-state index in [1.807, 2.05) is 12.1 Å². The third-order valence-corrected chi connectivity index (χ3v) is 6.36.